The molecule has 2 heterocycles. The molecule has 0 aromatic rings. The van der Waals surface area contributed by atoms with E-state index in [1.807, 2.05) is 0 Å². The van der Waals surface area contributed by atoms with Crippen LogP contribution in [0.15, 0.2) is 0 Å². The third-order valence-corrected chi connectivity index (χ3v) is 5.83. The van der Waals surface area contributed by atoms with E-state index < -0.39 is 23.9 Å². The highest BCUT2D eigenvalue weighted by Crippen LogP contribution is 2.39. The fourth-order valence-electron chi connectivity index (χ4n) is 4.11. The maximum atomic E-state index is 13.1. The first-order valence-corrected chi connectivity index (χ1v) is 11.2. The van der Waals surface area contributed by atoms with E-state index in [0.29, 0.717) is 12.8 Å². The Morgan fingerprint density at radius 3 is 2.18 bits per heavy atom. The highest BCUT2D eigenvalue weighted by molar-refractivity contribution is 5.91. The molecule has 6 nitrogen and oxygen atoms in total. The van der Waals surface area contributed by atoms with Crippen LogP contribution in [0.25, 0.3) is 0 Å². The van der Waals surface area contributed by atoms with Gasteiger partial charge in [-0.2, -0.15) is 0 Å². The zero-order valence-electron chi connectivity index (χ0n) is 17.6. The summed E-state index contributed by atoms with van der Waals surface area (Å²) in [5.41, 5.74) is -1.40. The van der Waals surface area contributed by atoms with Crippen LogP contribution in [0.3, 0.4) is 0 Å². The van der Waals surface area contributed by atoms with E-state index >= 15 is 0 Å². The summed E-state index contributed by atoms with van der Waals surface area (Å²) in [4.78, 5) is 25.6. The Bertz CT molecular complexity index is 493. The number of ketones is 1. The lowest BCUT2D eigenvalue weighted by molar-refractivity contribution is -0.178. The smallest absolute Gasteiger partial charge is 0.306 e. The van der Waals surface area contributed by atoms with Crippen LogP contribution in [0.4, 0.5) is 0 Å². The molecule has 2 aliphatic rings. The summed E-state index contributed by atoms with van der Waals surface area (Å²) in [6, 6.07) is 0. The summed E-state index contributed by atoms with van der Waals surface area (Å²) in [6.07, 6.45) is 8.92. The number of aliphatic hydroxyl groups excluding tert-OH is 1. The molecule has 0 saturated carbocycles. The number of carbonyl (C=O) groups excluding carboxylic acids is 2. The third-order valence-electron chi connectivity index (χ3n) is 5.83. The van der Waals surface area contributed by atoms with Crippen LogP contribution in [0.1, 0.15) is 90.9 Å². The number of hydrogen-bond acceptors (Lipinski definition) is 6. The summed E-state index contributed by atoms with van der Waals surface area (Å²) in [6.45, 7) is 4.39. The number of carbonyl (C=O) groups is 2. The predicted molar refractivity (Wildman–Crippen MR) is 106 cm³/mol. The standard InChI is InChI=1S/C22H38O6/c1-3-5-7-9-11-13-18(24)22(16-27-20-17(23)15-26-21(20)22)28-19(25)14-12-10-8-6-4-2/h17,20-21,23H,3-16H2,1-2H3/t17-,20-,21+,22-/m1/s1. The molecule has 0 aromatic carbocycles. The van der Waals surface area contributed by atoms with E-state index in [1.165, 1.54) is 6.42 Å². The highest BCUT2D eigenvalue weighted by Gasteiger charge is 2.62. The minimum atomic E-state index is -1.40. The normalized spacial score (nSPS) is 29.0. The second kappa shape index (κ2) is 11.9. The van der Waals surface area contributed by atoms with Gasteiger partial charge in [-0.05, 0) is 12.8 Å². The van der Waals surface area contributed by atoms with Crippen LogP contribution >= 0.6 is 0 Å². The molecule has 0 radical (unpaired) electrons. The molecule has 0 unspecified atom stereocenters. The molecule has 0 amide bonds. The number of aliphatic hydroxyl groups is 1. The molecule has 0 aromatic heterocycles. The van der Waals surface area contributed by atoms with Crippen LogP contribution in [0, 0.1) is 0 Å². The lowest BCUT2D eigenvalue weighted by atomic mass is 9.88. The topological polar surface area (TPSA) is 82.1 Å². The van der Waals surface area contributed by atoms with E-state index in [9.17, 15) is 14.7 Å². The Balaban J connectivity index is 1.93. The van der Waals surface area contributed by atoms with E-state index in [4.69, 9.17) is 14.2 Å². The van der Waals surface area contributed by atoms with Gasteiger partial charge in [0.1, 0.15) is 18.3 Å². The molecule has 1 N–H and O–H groups in total. The van der Waals surface area contributed by atoms with Crippen LogP contribution in [-0.4, -0.2) is 54.0 Å². The Labute approximate surface area is 169 Å². The fraction of sp³-hybridized carbons (Fsp3) is 0.909. The molecule has 2 rings (SSSR count). The Morgan fingerprint density at radius 2 is 1.54 bits per heavy atom. The molecule has 162 valence electrons. The summed E-state index contributed by atoms with van der Waals surface area (Å²) in [5, 5.41) is 10.0. The van der Waals surface area contributed by atoms with Gasteiger partial charge in [0, 0.05) is 12.8 Å². The lowest BCUT2D eigenvalue weighted by Crippen LogP contribution is -2.54. The molecule has 2 aliphatic heterocycles. The van der Waals surface area contributed by atoms with Crippen LogP contribution in [0.2, 0.25) is 0 Å². The van der Waals surface area contributed by atoms with Crippen molar-refractivity contribution in [3.8, 4) is 0 Å². The van der Waals surface area contributed by atoms with Crippen molar-refractivity contribution in [3.63, 3.8) is 0 Å². The summed E-state index contributed by atoms with van der Waals surface area (Å²) in [5.74, 6) is -0.505. The maximum Gasteiger partial charge on any atom is 0.306 e. The van der Waals surface area contributed by atoms with Crippen molar-refractivity contribution in [1.29, 1.82) is 0 Å². The quantitative estimate of drug-likeness (QED) is 0.355. The first-order chi connectivity index (χ1) is 13.5. The van der Waals surface area contributed by atoms with Gasteiger partial charge in [0.15, 0.2) is 5.78 Å². The highest BCUT2D eigenvalue weighted by atomic mass is 16.6. The van der Waals surface area contributed by atoms with E-state index in [0.717, 1.165) is 57.8 Å². The molecule has 6 heteroatoms. The average molecular weight is 399 g/mol. The zero-order chi connectivity index (χ0) is 20.4. The van der Waals surface area contributed by atoms with Gasteiger partial charge in [0.2, 0.25) is 5.60 Å². The summed E-state index contributed by atoms with van der Waals surface area (Å²) >= 11 is 0. The van der Waals surface area contributed by atoms with Gasteiger partial charge in [0.05, 0.1) is 13.2 Å². The lowest BCUT2D eigenvalue weighted by Gasteiger charge is -2.31. The van der Waals surface area contributed by atoms with Crippen molar-refractivity contribution < 1.29 is 28.9 Å². The molecular weight excluding hydrogens is 360 g/mol. The van der Waals surface area contributed by atoms with Gasteiger partial charge in [-0.1, -0.05) is 65.2 Å². The first kappa shape index (κ1) is 23.3. The maximum absolute atomic E-state index is 13.1. The predicted octanol–water partition coefficient (Wildman–Crippen LogP) is 3.72. The van der Waals surface area contributed by atoms with Crippen molar-refractivity contribution in [1.82, 2.24) is 0 Å². The minimum absolute atomic E-state index is 0.0191. The third kappa shape index (κ3) is 6.01. The van der Waals surface area contributed by atoms with E-state index in [2.05, 4.69) is 13.8 Å². The van der Waals surface area contributed by atoms with Crippen molar-refractivity contribution in [3.05, 3.63) is 0 Å². The molecule has 0 bridgehead atoms. The Kier molecular flexibility index (Phi) is 9.89. The Hall–Kier alpha value is -0.980. The molecule has 4 atom stereocenters. The number of fused-ring (bicyclic) bond motifs is 1. The molecule has 2 fully saturated rings. The van der Waals surface area contributed by atoms with Crippen molar-refractivity contribution in [2.45, 2.75) is 115 Å². The minimum Gasteiger partial charge on any atom is -0.446 e. The van der Waals surface area contributed by atoms with Crippen LogP contribution in [0.5, 0.6) is 0 Å². The van der Waals surface area contributed by atoms with Gasteiger partial charge < -0.3 is 19.3 Å². The number of hydrogen-bond donors (Lipinski definition) is 1. The molecule has 0 spiro atoms. The van der Waals surface area contributed by atoms with Crippen LogP contribution in [-0.2, 0) is 23.8 Å². The van der Waals surface area contributed by atoms with Gasteiger partial charge in [-0.15, -0.1) is 0 Å². The van der Waals surface area contributed by atoms with Gasteiger partial charge in [-0.25, -0.2) is 0 Å². The number of Topliss-reactive ketones (excluding diaryl/α,β-unsaturated/α-hetero) is 1. The average Bonchev–Trinajstić information content (AvgIpc) is 3.23. The van der Waals surface area contributed by atoms with Gasteiger partial charge >= 0.3 is 5.97 Å². The first-order valence-electron chi connectivity index (χ1n) is 11.2. The second-order valence-corrected chi connectivity index (χ2v) is 8.21. The fourth-order valence-corrected chi connectivity index (χ4v) is 4.11. The molecule has 28 heavy (non-hydrogen) atoms. The number of rotatable bonds is 14. The van der Waals surface area contributed by atoms with Gasteiger partial charge in [0.25, 0.3) is 0 Å². The SMILES string of the molecule is CCCCCCCC(=O)O[C@@]1(C(=O)CCCCCCC)CO[C@@H]2[C@H](O)CO[C@@H]21. The monoisotopic (exact) mass is 398 g/mol. The second-order valence-electron chi connectivity index (χ2n) is 8.21. The Morgan fingerprint density at radius 1 is 0.929 bits per heavy atom. The largest absolute Gasteiger partial charge is 0.446 e. The summed E-state index contributed by atoms with van der Waals surface area (Å²) < 4.78 is 17.1. The number of esters is 1. The van der Waals surface area contributed by atoms with Crippen molar-refractivity contribution in [2.75, 3.05) is 13.2 Å². The molecular formula is C22H38O6. The van der Waals surface area contributed by atoms with Gasteiger partial charge in [-0.3, -0.25) is 9.59 Å². The van der Waals surface area contributed by atoms with E-state index in [-0.39, 0.29) is 25.0 Å². The molecule has 2 saturated heterocycles. The van der Waals surface area contributed by atoms with Crippen molar-refractivity contribution >= 4 is 11.8 Å². The zero-order valence-corrected chi connectivity index (χ0v) is 17.6. The number of ether oxygens (including phenoxy) is 3. The molecule has 0 aliphatic carbocycles. The van der Waals surface area contributed by atoms with E-state index in [1.54, 1.807) is 0 Å². The summed E-state index contributed by atoms with van der Waals surface area (Å²) in [7, 11) is 0. The van der Waals surface area contributed by atoms with Crippen LogP contribution < -0.4 is 0 Å². The van der Waals surface area contributed by atoms with Crippen molar-refractivity contribution in [2.24, 2.45) is 0 Å². The number of unbranched alkanes of at least 4 members (excludes halogenated alkanes) is 8.